The number of hydrogen-bond acceptors (Lipinski definition) is 1. The first-order valence-electron chi connectivity index (χ1n) is 4.87. The van der Waals surface area contributed by atoms with E-state index in [1.165, 1.54) is 0 Å². The van der Waals surface area contributed by atoms with Gasteiger partial charge in [-0.1, -0.05) is 20.4 Å². The molecule has 0 atom stereocenters. The summed E-state index contributed by atoms with van der Waals surface area (Å²) in [5.74, 6) is -0.865. The summed E-state index contributed by atoms with van der Waals surface area (Å²) < 4.78 is 37.7. The van der Waals surface area contributed by atoms with Crippen molar-refractivity contribution in [2.24, 2.45) is 4.99 Å². The van der Waals surface area contributed by atoms with E-state index in [-0.39, 0.29) is 0 Å². The molecule has 0 N–H and O–H groups in total. The fourth-order valence-electron chi connectivity index (χ4n) is 1.23. The maximum Gasteiger partial charge on any atom is 0.449 e. The molecular weight excluding hydrogens is 205 g/mol. The van der Waals surface area contributed by atoms with Crippen molar-refractivity contribution in [1.82, 2.24) is 4.90 Å². The number of alkyl halides is 3. The molecule has 0 heterocycles. The van der Waals surface area contributed by atoms with E-state index < -0.39 is 12.0 Å². The van der Waals surface area contributed by atoms with Gasteiger partial charge in [0, 0.05) is 19.3 Å². The predicted octanol–water partition coefficient (Wildman–Crippen LogP) is 3.21. The zero-order valence-corrected chi connectivity index (χ0v) is 9.36. The molecule has 0 bridgehead atoms. The Hall–Kier alpha value is -1.00. The van der Waals surface area contributed by atoms with Gasteiger partial charge in [0.05, 0.1) is 0 Å². The molecule has 0 saturated carbocycles. The van der Waals surface area contributed by atoms with Gasteiger partial charge in [0.15, 0.2) is 0 Å². The summed E-state index contributed by atoms with van der Waals surface area (Å²) in [7, 11) is 1.15. The van der Waals surface area contributed by atoms with E-state index in [0.29, 0.717) is 25.1 Å². The molecule has 0 fully saturated rings. The lowest BCUT2D eigenvalue weighted by molar-refractivity contribution is -0.0676. The van der Waals surface area contributed by atoms with Crippen LogP contribution in [0.3, 0.4) is 0 Å². The van der Waals surface area contributed by atoms with Crippen molar-refractivity contribution in [3.8, 4) is 0 Å². The Morgan fingerprint density at radius 3 is 2.13 bits per heavy atom. The SMILES string of the molecule is C=C(CC)N(CCC)C(=NC)C(F)(F)F. The second-order valence-electron chi connectivity index (χ2n) is 3.12. The number of allylic oxidation sites excluding steroid dienone is 1. The summed E-state index contributed by atoms with van der Waals surface area (Å²) in [4.78, 5) is 4.44. The van der Waals surface area contributed by atoms with E-state index in [1.807, 2.05) is 6.92 Å². The predicted molar refractivity (Wildman–Crippen MR) is 55.8 cm³/mol. The third kappa shape index (κ3) is 3.93. The molecule has 5 heteroatoms. The molecular formula is C10H17F3N2. The normalized spacial score (nSPS) is 12.8. The summed E-state index contributed by atoms with van der Waals surface area (Å²) in [5.41, 5.74) is 0.440. The number of amidine groups is 1. The molecule has 0 aliphatic rings. The lowest BCUT2D eigenvalue weighted by Gasteiger charge is -2.28. The Bertz CT molecular complexity index is 244. The van der Waals surface area contributed by atoms with Crippen LogP contribution in [0.25, 0.3) is 0 Å². The van der Waals surface area contributed by atoms with Gasteiger partial charge in [-0.05, 0) is 12.8 Å². The summed E-state index contributed by atoms with van der Waals surface area (Å²) in [6.45, 7) is 7.50. The second kappa shape index (κ2) is 5.78. The summed E-state index contributed by atoms with van der Waals surface area (Å²) in [5, 5.41) is 0. The molecule has 0 spiro atoms. The van der Waals surface area contributed by atoms with Gasteiger partial charge in [-0.2, -0.15) is 13.2 Å². The smallest absolute Gasteiger partial charge is 0.327 e. The zero-order chi connectivity index (χ0) is 12.1. The first-order valence-corrected chi connectivity index (χ1v) is 4.87. The van der Waals surface area contributed by atoms with Crippen LogP contribution in [0.15, 0.2) is 17.3 Å². The van der Waals surface area contributed by atoms with Crippen LogP contribution in [0.5, 0.6) is 0 Å². The van der Waals surface area contributed by atoms with Crippen LogP contribution in [0, 0.1) is 0 Å². The van der Waals surface area contributed by atoms with Gasteiger partial charge >= 0.3 is 6.18 Å². The van der Waals surface area contributed by atoms with Gasteiger partial charge in [-0.15, -0.1) is 0 Å². The fourth-order valence-corrected chi connectivity index (χ4v) is 1.23. The fraction of sp³-hybridized carbons (Fsp3) is 0.700. The largest absolute Gasteiger partial charge is 0.449 e. The van der Waals surface area contributed by atoms with Gasteiger partial charge in [0.25, 0.3) is 0 Å². The number of rotatable bonds is 4. The highest BCUT2D eigenvalue weighted by Crippen LogP contribution is 2.23. The van der Waals surface area contributed by atoms with Crippen LogP contribution in [-0.2, 0) is 0 Å². The second-order valence-corrected chi connectivity index (χ2v) is 3.12. The quantitative estimate of drug-likeness (QED) is 0.526. The molecule has 0 aromatic rings. The molecule has 0 aliphatic carbocycles. The average molecular weight is 222 g/mol. The summed E-state index contributed by atoms with van der Waals surface area (Å²) in [6.07, 6.45) is -3.31. The van der Waals surface area contributed by atoms with Gasteiger partial charge in [0.2, 0.25) is 5.84 Å². The monoisotopic (exact) mass is 222 g/mol. The Kier molecular flexibility index (Phi) is 5.39. The van der Waals surface area contributed by atoms with Crippen molar-refractivity contribution in [2.75, 3.05) is 13.6 Å². The van der Waals surface area contributed by atoms with Crippen molar-refractivity contribution in [3.05, 3.63) is 12.3 Å². The highest BCUT2D eigenvalue weighted by molar-refractivity contribution is 5.88. The number of hydrogen-bond donors (Lipinski definition) is 0. The lowest BCUT2D eigenvalue weighted by atomic mass is 10.3. The number of aliphatic imine (C=N–C) groups is 1. The topological polar surface area (TPSA) is 15.6 Å². The Labute approximate surface area is 88.5 Å². The molecule has 0 amide bonds. The third-order valence-electron chi connectivity index (χ3n) is 1.96. The first kappa shape index (κ1) is 14.0. The standard InChI is InChI=1S/C10H17F3N2/c1-5-7-15(8(3)6-2)9(14-4)10(11,12)13/h3,5-7H2,1-2,4H3. The highest BCUT2D eigenvalue weighted by Gasteiger charge is 2.39. The minimum absolute atomic E-state index is 0.291. The summed E-state index contributed by atoms with van der Waals surface area (Å²) >= 11 is 0. The molecule has 0 aromatic carbocycles. The minimum Gasteiger partial charge on any atom is -0.327 e. The molecule has 0 aliphatic heterocycles. The maximum absolute atomic E-state index is 12.6. The molecule has 0 rings (SSSR count). The molecule has 15 heavy (non-hydrogen) atoms. The maximum atomic E-state index is 12.6. The molecule has 2 nitrogen and oxygen atoms in total. The van der Waals surface area contributed by atoms with Crippen LogP contribution in [0.4, 0.5) is 13.2 Å². The van der Waals surface area contributed by atoms with Crippen molar-refractivity contribution in [2.45, 2.75) is 32.9 Å². The van der Waals surface area contributed by atoms with E-state index in [0.717, 1.165) is 11.9 Å². The van der Waals surface area contributed by atoms with Gasteiger partial charge < -0.3 is 4.90 Å². The average Bonchev–Trinajstić information content (AvgIpc) is 2.14. The molecule has 88 valence electrons. The van der Waals surface area contributed by atoms with Crippen LogP contribution in [0.2, 0.25) is 0 Å². The van der Waals surface area contributed by atoms with Crippen molar-refractivity contribution in [1.29, 1.82) is 0 Å². The van der Waals surface area contributed by atoms with E-state index in [2.05, 4.69) is 11.6 Å². The number of halogens is 3. The van der Waals surface area contributed by atoms with E-state index >= 15 is 0 Å². The summed E-state index contributed by atoms with van der Waals surface area (Å²) in [6, 6.07) is 0. The Balaban J connectivity index is 4.97. The van der Waals surface area contributed by atoms with Gasteiger partial charge in [-0.25, -0.2) is 0 Å². The van der Waals surface area contributed by atoms with E-state index in [4.69, 9.17) is 0 Å². The Morgan fingerprint density at radius 2 is 1.87 bits per heavy atom. The van der Waals surface area contributed by atoms with Crippen LogP contribution in [0.1, 0.15) is 26.7 Å². The lowest BCUT2D eigenvalue weighted by Crippen LogP contribution is -2.40. The molecule has 0 saturated heterocycles. The highest BCUT2D eigenvalue weighted by atomic mass is 19.4. The van der Waals surface area contributed by atoms with Crippen LogP contribution >= 0.6 is 0 Å². The first-order chi connectivity index (χ1) is 6.88. The van der Waals surface area contributed by atoms with Gasteiger partial charge in [-0.3, -0.25) is 4.99 Å². The van der Waals surface area contributed by atoms with Crippen molar-refractivity contribution in [3.63, 3.8) is 0 Å². The number of nitrogens with zero attached hydrogens (tertiary/aromatic N) is 2. The van der Waals surface area contributed by atoms with Crippen molar-refractivity contribution >= 4 is 5.84 Å². The van der Waals surface area contributed by atoms with Gasteiger partial charge in [0.1, 0.15) is 0 Å². The molecule has 0 radical (unpaired) electrons. The van der Waals surface area contributed by atoms with E-state index in [9.17, 15) is 13.2 Å². The molecule has 0 aromatic heterocycles. The minimum atomic E-state index is -4.41. The van der Waals surface area contributed by atoms with Crippen LogP contribution in [-0.4, -0.2) is 30.5 Å². The third-order valence-corrected chi connectivity index (χ3v) is 1.96. The van der Waals surface area contributed by atoms with Crippen molar-refractivity contribution < 1.29 is 13.2 Å². The Morgan fingerprint density at radius 1 is 1.33 bits per heavy atom. The zero-order valence-electron chi connectivity index (χ0n) is 9.36. The van der Waals surface area contributed by atoms with E-state index in [1.54, 1.807) is 6.92 Å². The van der Waals surface area contributed by atoms with Crippen LogP contribution < -0.4 is 0 Å². The molecule has 0 unspecified atom stereocenters.